The number of carbonyl (C=O) groups excluding carboxylic acids is 1. The molecule has 0 aliphatic rings. The Morgan fingerprint density at radius 2 is 1.93 bits per heavy atom. The Morgan fingerprint density at radius 3 is 2.47 bits per heavy atom. The Kier molecular flexibility index (Phi) is 4.62. The van der Waals surface area contributed by atoms with Crippen molar-refractivity contribution in [3.05, 3.63) is 28.7 Å². The third-order valence-electron chi connectivity index (χ3n) is 2.17. The van der Waals surface area contributed by atoms with Crippen LogP contribution in [0.5, 0.6) is 0 Å². The number of carbonyl (C=O) groups is 1. The first kappa shape index (κ1) is 12.0. The van der Waals surface area contributed by atoms with E-state index >= 15 is 0 Å². The summed E-state index contributed by atoms with van der Waals surface area (Å²) in [6.45, 7) is 5.35. The number of hydrogen-bond acceptors (Lipinski definition) is 1. The molecule has 1 aromatic carbocycles. The molecule has 3 nitrogen and oxygen atoms in total. The Bertz CT molecular complexity index is 337. The molecule has 1 N–H and O–H groups in total. The van der Waals surface area contributed by atoms with Crippen molar-refractivity contribution >= 4 is 27.6 Å². The average Bonchev–Trinajstić information content (AvgIpc) is 2.23. The van der Waals surface area contributed by atoms with Crippen molar-refractivity contribution in [2.45, 2.75) is 13.8 Å². The summed E-state index contributed by atoms with van der Waals surface area (Å²) in [5.74, 6) is 0. The maximum Gasteiger partial charge on any atom is 0.321 e. The zero-order valence-corrected chi connectivity index (χ0v) is 10.5. The molecule has 4 heteroatoms. The van der Waals surface area contributed by atoms with E-state index in [9.17, 15) is 4.79 Å². The highest BCUT2D eigenvalue weighted by Crippen LogP contribution is 2.21. The van der Waals surface area contributed by atoms with Gasteiger partial charge in [-0.05, 0) is 41.9 Å². The predicted octanol–water partition coefficient (Wildman–Crippen LogP) is 3.32. The fraction of sp³-hybridized carbons (Fsp3) is 0.364. The van der Waals surface area contributed by atoms with Crippen molar-refractivity contribution in [1.29, 1.82) is 0 Å². The first-order valence-electron chi connectivity index (χ1n) is 4.99. The summed E-state index contributed by atoms with van der Waals surface area (Å²) in [4.78, 5) is 13.5. The second-order valence-electron chi connectivity index (χ2n) is 3.08. The number of amides is 2. The van der Waals surface area contributed by atoms with Gasteiger partial charge in [0.25, 0.3) is 0 Å². The van der Waals surface area contributed by atoms with Gasteiger partial charge in [0.2, 0.25) is 0 Å². The summed E-state index contributed by atoms with van der Waals surface area (Å²) in [5, 5.41) is 2.85. The normalized spacial score (nSPS) is 9.80. The number of rotatable bonds is 3. The Labute approximate surface area is 98.6 Å². The van der Waals surface area contributed by atoms with Gasteiger partial charge in [-0.15, -0.1) is 0 Å². The largest absolute Gasteiger partial charge is 0.325 e. The Hall–Kier alpha value is -1.03. The number of para-hydroxylation sites is 1. The number of hydrogen-bond donors (Lipinski definition) is 1. The lowest BCUT2D eigenvalue weighted by Crippen LogP contribution is -2.34. The molecule has 82 valence electrons. The minimum absolute atomic E-state index is 0.0631. The Morgan fingerprint density at radius 1 is 1.33 bits per heavy atom. The van der Waals surface area contributed by atoms with Gasteiger partial charge in [-0.25, -0.2) is 4.79 Å². The number of benzene rings is 1. The Balaban J connectivity index is 2.70. The molecule has 0 bridgehead atoms. The number of anilines is 1. The van der Waals surface area contributed by atoms with Crippen molar-refractivity contribution < 1.29 is 4.79 Å². The smallest absolute Gasteiger partial charge is 0.321 e. The van der Waals surface area contributed by atoms with Crippen LogP contribution in [0, 0.1) is 0 Å². The number of nitrogens with one attached hydrogen (secondary N) is 1. The van der Waals surface area contributed by atoms with E-state index in [2.05, 4.69) is 21.2 Å². The van der Waals surface area contributed by atoms with Gasteiger partial charge in [0.15, 0.2) is 0 Å². The van der Waals surface area contributed by atoms with Crippen molar-refractivity contribution in [3.8, 4) is 0 Å². The molecular formula is C11H15BrN2O. The second-order valence-corrected chi connectivity index (χ2v) is 3.94. The topological polar surface area (TPSA) is 32.3 Å². The SMILES string of the molecule is CCN(CC)C(=O)Nc1ccccc1Br. The van der Waals surface area contributed by atoms with Gasteiger partial charge in [0, 0.05) is 17.6 Å². The molecule has 0 radical (unpaired) electrons. The molecule has 1 rings (SSSR count). The molecule has 0 spiro atoms. The van der Waals surface area contributed by atoms with Gasteiger partial charge in [-0.3, -0.25) is 0 Å². The van der Waals surface area contributed by atoms with Crippen LogP contribution in [-0.4, -0.2) is 24.0 Å². The molecule has 0 aromatic heterocycles. The van der Waals surface area contributed by atoms with Gasteiger partial charge < -0.3 is 10.2 Å². The minimum atomic E-state index is -0.0631. The second kappa shape index (κ2) is 5.75. The average molecular weight is 271 g/mol. The molecule has 0 heterocycles. The van der Waals surface area contributed by atoms with Crippen LogP contribution in [0.3, 0.4) is 0 Å². The van der Waals surface area contributed by atoms with Crippen LogP contribution in [-0.2, 0) is 0 Å². The fourth-order valence-corrected chi connectivity index (χ4v) is 1.65. The molecule has 0 aliphatic carbocycles. The van der Waals surface area contributed by atoms with Gasteiger partial charge in [-0.1, -0.05) is 12.1 Å². The lowest BCUT2D eigenvalue weighted by atomic mass is 10.3. The molecular weight excluding hydrogens is 256 g/mol. The van der Waals surface area contributed by atoms with Crippen LogP contribution in [0.4, 0.5) is 10.5 Å². The maximum absolute atomic E-state index is 11.7. The highest BCUT2D eigenvalue weighted by molar-refractivity contribution is 9.10. The number of halogens is 1. The number of nitrogens with zero attached hydrogens (tertiary/aromatic N) is 1. The summed E-state index contributed by atoms with van der Waals surface area (Å²) in [5.41, 5.74) is 0.800. The van der Waals surface area contributed by atoms with Crippen LogP contribution in [0.2, 0.25) is 0 Å². The van der Waals surface area contributed by atoms with Crippen LogP contribution >= 0.6 is 15.9 Å². The van der Waals surface area contributed by atoms with Crippen LogP contribution in [0.25, 0.3) is 0 Å². The highest BCUT2D eigenvalue weighted by atomic mass is 79.9. The highest BCUT2D eigenvalue weighted by Gasteiger charge is 2.10. The fourth-order valence-electron chi connectivity index (χ4n) is 1.27. The summed E-state index contributed by atoms with van der Waals surface area (Å²) in [7, 11) is 0. The van der Waals surface area contributed by atoms with Gasteiger partial charge in [-0.2, -0.15) is 0 Å². The lowest BCUT2D eigenvalue weighted by Gasteiger charge is -2.19. The van der Waals surface area contributed by atoms with E-state index in [1.807, 2.05) is 38.1 Å². The first-order chi connectivity index (χ1) is 7.19. The standard InChI is InChI=1S/C11H15BrN2O/c1-3-14(4-2)11(15)13-10-8-6-5-7-9(10)12/h5-8H,3-4H2,1-2H3,(H,13,15). The molecule has 0 unspecified atom stereocenters. The van der Waals surface area contributed by atoms with E-state index in [0.717, 1.165) is 10.2 Å². The van der Waals surface area contributed by atoms with Gasteiger partial charge >= 0.3 is 6.03 Å². The van der Waals surface area contributed by atoms with E-state index in [1.54, 1.807) is 4.90 Å². The molecule has 0 saturated heterocycles. The molecule has 15 heavy (non-hydrogen) atoms. The monoisotopic (exact) mass is 270 g/mol. The zero-order valence-electron chi connectivity index (χ0n) is 8.96. The van der Waals surface area contributed by atoms with Crippen molar-refractivity contribution in [3.63, 3.8) is 0 Å². The van der Waals surface area contributed by atoms with Crippen LogP contribution in [0.15, 0.2) is 28.7 Å². The van der Waals surface area contributed by atoms with E-state index in [-0.39, 0.29) is 6.03 Å². The molecule has 0 fully saturated rings. The summed E-state index contributed by atoms with van der Waals surface area (Å²) in [6.07, 6.45) is 0. The van der Waals surface area contributed by atoms with Crippen LogP contribution < -0.4 is 5.32 Å². The van der Waals surface area contributed by atoms with Gasteiger partial charge in [0.05, 0.1) is 5.69 Å². The van der Waals surface area contributed by atoms with E-state index in [0.29, 0.717) is 13.1 Å². The zero-order chi connectivity index (χ0) is 11.3. The maximum atomic E-state index is 11.7. The third-order valence-corrected chi connectivity index (χ3v) is 2.86. The van der Waals surface area contributed by atoms with E-state index in [4.69, 9.17) is 0 Å². The number of urea groups is 1. The minimum Gasteiger partial charge on any atom is -0.325 e. The molecule has 0 atom stereocenters. The van der Waals surface area contributed by atoms with Crippen molar-refractivity contribution in [2.24, 2.45) is 0 Å². The van der Waals surface area contributed by atoms with Crippen molar-refractivity contribution in [2.75, 3.05) is 18.4 Å². The van der Waals surface area contributed by atoms with Crippen molar-refractivity contribution in [1.82, 2.24) is 4.90 Å². The summed E-state index contributed by atoms with van der Waals surface area (Å²) >= 11 is 3.38. The van der Waals surface area contributed by atoms with Gasteiger partial charge in [0.1, 0.15) is 0 Å². The van der Waals surface area contributed by atoms with Crippen LogP contribution in [0.1, 0.15) is 13.8 Å². The third kappa shape index (κ3) is 3.23. The summed E-state index contributed by atoms with van der Waals surface area (Å²) < 4.78 is 0.894. The predicted molar refractivity (Wildman–Crippen MR) is 66.1 cm³/mol. The lowest BCUT2D eigenvalue weighted by molar-refractivity contribution is 0.217. The molecule has 0 saturated carbocycles. The first-order valence-corrected chi connectivity index (χ1v) is 5.78. The quantitative estimate of drug-likeness (QED) is 0.898. The molecule has 2 amide bonds. The summed E-state index contributed by atoms with van der Waals surface area (Å²) in [6, 6.07) is 7.51. The molecule has 1 aromatic rings. The molecule has 0 aliphatic heterocycles. The van der Waals surface area contributed by atoms with E-state index < -0.39 is 0 Å². The van der Waals surface area contributed by atoms with E-state index in [1.165, 1.54) is 0 Å².